The van der Waals surface area contributed by atoms with Crippen LogP contribution in [0.2, 0.25) is 0 Å². The summed E-state index contributed by atoms with van der Waals surface area (Å²) in [7, 11) is -3.76. The summed E-state index contributed by atoms with van der Waals surface area (Å²) >= 11 is 8.63. The fraction of sp³-hybridized carbons (Fsp3) is 0.200. The number of nitrogens with one attached hydrogen (secondary N) is 3. The van der Waals surface area contributed by atoms with Gasteiger partial charge in [-0.1, -0.05) is 22.0 Å². The molecule has 0 radical (unpaired) electrons. The number of hydrogen-bond acceptors (Lipinski definition) is 5. The molecule has 7 nitrogen and oxygen atoms in total. The van der Waals surface area contributed by atoms with Crippen LogP contribution in [0.5, 0.6) is 0 Å². The lowest BCUT2D eigenvalue weighted by atomic mass is 10.1. The molecule has 1 amide bonds. The first-order chi connectivity index (χ1) is 16.6. The summed E-state index contributed by atoms with van der Waals surface area (Å²) in [5, 5.41) is 5.61. The highest BCUT2D eigenvalue weighted by Crippen LogP contribution is 2.22. The molecule has 3 N–H and O–H groups in total. The van der Waals surface area contributed by atoms with Crippen LogP contribution in [0.15, 0.2) is 76.1 Å². The Morgan fingerprint density at radius 1 is 0.943 bits per heavy atom. The lowest BCUT2D eigenvalue weighted by molar-refractivity contribution is 0.0977. The summed E-state index contributed by atoms with van der Waals surface area (Å²) < 4.78 is 29.0. The molecule has 0 saturated heterocycles. The lowest BCUT2D eigenvalue weighted by Gasteiger charge is -2.21. The lowest BCUT2D eigenvalue weighted by Crippen LogP contribution is -2.34. The third-order valence-electron chi connectivity index (χ3n) is 5.33. The predicted molar refractivity (Wildman–Crippen MR) is 150 cm³/mol. The molecule has 35 heavy (non-hydrogen) atoms. The van der Waals surface area contributed by atoms with Gasteiger partial charge in [0, 0.05) is 40.2 Å². The van der Waals surface area contributed by atoms with Crippen LogP contribution in [0.1, 0.15) is 29.8 Å². The van der Waals surface area contributed by atoms with E-state index in [1.54, 1.807) is 36.4 Å². The smallest absolute Gasteiger partial charge is 0.261 e. The third kappa shape index (κ3) is 7.03. The Kier molecular flexibility index (Phi) is 8.87. The number of amides is 1. The molecule has 0 atom stereocenters. The summed E-state index contributed by atoms with van der Waals surface area (Å²) in [6, 6.07) is 18.6. The first kappa shape index (κ1) is 26.7. The molecule has 0 aromatic heterocycles. The molecule has 0 saturated carbocycles. The number of aryl methyl sites for hydroxylation is 1. The summed E-state index contributed by atoms with van der Waals surface area (Å²) in [4.78, 5) is 14.7. The van der Waals surface area contributed by atoms with Gasteiger partial charge in [0.25, 0.3) is 15.9 Å². The zero-order chi connectivity index (χ0) is 25.6. The maximum absolute atomic E-state index is 12.8. The average molecular weight is 576 g/mol. The van der Waals surface area contributed by atoms with E-state index in [9.17, 15) is 13.2 Å². The van der Waals surface area contributed by atoms with Crippen molar-refractivity contribution in [2.75, 3.05) is 28.0 Å². The molecule has 0 unspecified atom stereocenters. The van der Waals surface area contributed by atoms with E-state index >= 15 is 0 Å². The summed E-state index contributed by atoms with van der Waals surface area (Å²) in [6.45, 7) is 7.82. The number of carbonyl (C=O) groups excluding carboxylic acids is 1. The molecule has 3 rings (SSSR count). The van der Waals surface area contributed by atoms with Crippen molar-refractivity contribution >= 4 is 66.3 Å². The highest BCUT2D eigenvalue weighted by atomic mass is 79.9. The highest BCUT2D eigenvalue weighted by Gasteiger charge is 2.15. The minimum atomic E-state index is -3.76. The largest absolute Gasteiger partial charge is 0.372 e. The van der Waals surface area contributed by atoms with Crippen molar-refractivity contribution in [2.45, 2.75) is 25.7 Å². The fourth-order valence-electron chi connectivity index (χ4n) is 3.33. The van der Waals surface area contributed by atoms with Gasteiger partial charge in [0.05, 0.1) is 4.90 Å². The molecular weight excluding hydrogens is 548 g/mol. The quantitative estimate of drug-likeness (QED) is 0.306. The molecule has 0 bridgehead atoms. The fourth-order valence-corrected chi connectivity index (χ4v) is 4.98. The van der Waals surface area contributed by atoms with Crippen LogP contribution in [0.25, 0.3) is 0 Å². The van der Waals surface area contributed by atoms with Crippen LogP contribution in [-0.2, 0) is 10.0 Å². The van der Waals surface area contributed by atoms with Gasteiger partial charge in [-0.25, -0.2) is 8.42 Å². The molecule has 10 heteroatoms. The molecular formula is C25H27BrN4O3S2. The first-order valence-electron chi connectivity index (χ1n) is 11.0. The number of benzene rings is 3. The minimum Gasteiger partial charge on any atom is -0.372 e. The molecule has 3 aromatic rings. The number of nitrogens with zero attached hydrogens (tertiary/aromatic N) is 1. The summed E-state index contributed by atoms with van der Waals surface area (Å²) in [5.41, 5.74) is 3.54. The second-order valence-electron chi connectivity index (χ2n) is 7.72. The Labute approximate surface area is 220 Å². The maximum Gasteiger partial charge on any atom is 0.261 e. The van der Waals surface area contributed by atoms with Crippen molar-refractivity contribution < 1.29 is 13.2 Å². The zero-order valence-corrected chi connectivity index (χ0v) is 22.9. The number of halogens is 1. The monoisotopic (exact) mass is 574 g/mol. The van der Waals surface area contributed by atoms with Crippen LogP contribution >= 0.6 is 28.1 Å². The van der Waals surface area contributed by atoms with Crippen LogP contribution in [0.3, 0.4) is 0 Å². The normalized spacial score (nSPS) is 11.0. The Bertz CT molecular complexity index is 1310. The Hall–Kier alpha value is -2.95. The van der Waals surface area contributed by atoms with E-state index in [1.165, 1.54) is 12.1 Å². The van der Waals surface area contributed by atoms with Gasteiger partial charge in [0.15, 0.2) is 5.11 Å². The van der Waals surface area contributed by atoms with Crippen molar-refractivity contribution in [1.29, 1.82) is 0 Å². The van der Waals surface area contributed by atoms with Gasteiger partial charge in [-0.05, 0) is 99.2 Å². The third-order valence-corrected chi connectivity index (χ3v) is 7.79. The van der Waals surface area contributed by atoms with E-state index in [1.807, 2.05) is 25.1 Å². The van der Waals surface area contributed by atoms with Gasteiger partial charge in [-0.2, -0.15) is 0 Å². The maximum atomic E-state index is 12.8. The Morgan fingerprint density at radius 3 is 2.11 bits per heavy atom. The van der Waals surface area contributed by atoms with Gasteiger partial charge in [0.2, 0.25) is 0 Å². The number of hydrogen-bond donors (Lipinski definition) is 3. The number of anilines is 3. The van der Waals surface area contributed by atoms with Crippen molar-refractivity contribution in [3.05, 3.63) is 82.3 Å². The molecule has 184 valence electrons. The minimum absolute atomic E-state index is 0.105. The van der Waals surface area contributed by atoms with E-state index in [0.717, 1.165) is 28.8 Å². The Balaban J connectivity index is 1.61. The molecule has 0 heterocycles. The number of thiocarbonyl (C=S) groups is 1. The second kappa shape index (κ2) is 11.7. The van der Waals surface area contributed by atoms with E-state index in [0.29, 0.717) is 16.9 Å². The number of sulfonamides is 1. The average Bonchev–Trinajstić information content (AvgIpc) is 2.82. The van der Waals surface area contributed by atoms with E-state index < -0.39 is 10.0 Å². The van der Waals surface area contributed by atoms with Crippen molar-refractivity contribution in [2.24, 2.45) is 0 Å². The standard InChI is InChI=1S/C25H27BrN4O3S2/c1-4-30(5-2)21-12-8-20(9-13-21)29-35(32,33)22-14-10-19(11-15-22)27-25(34)28-24(31)18-7-6-17(3)23(26)16-18/h6-16,29H,4-5H2,1-3H3,(H2,27,28,31,34). The molecule has 0 aliphatic rings. The van der Waals surface area contributed by atoms with Gasteiger partial charge < -0.3 is 10.2 Å². The zero-order valence-electron chi connectivity index (χ0n) is 19.6. The first-order valence-corrected chi connectivity index (χ1v) is 13.7. The summed E-state index contributed by atoms with van der Waals surface area (Å²) in [6.07, 6.45) is 0. The predicted octanol–water partition coefficient (Wildman–Crippen LogP) is 5.53. The van der Waals surface area contributed by atoms with E-state index in [2.05, 4.69) is 50.0 Å². The van der Waals surface area contributed by atoms with Crippen molar-refractivity contribution in [3.8, 4) is 0 Å². The number of carbonyl (C=O) groups is 1. The summed E-state index contributed by atoms with van der Waals surface area (Å²) in [5.74, 6) is -0.349. The van der Waals surface area contributed by atoms with Gasteiger partial charge >= 0.3 is 0 Å². The van der Waals surface area contributed by atoms with Crippen LogP contribution in [0.4, 0.5) is 17.1 Å². The van der Waals surface area contributed by atoms with Gasteiger partial charge in [-0.15, -0.1) is 0 Å². The molecule has 3 aromatic carbocycles. The molecule has 0 fully saturated rings. The number of rotatable bonds is 8. The van der Waals surface area contributed by atoms with Gasteiger partial charge in [0.1, 0.15) is 0 Å². The molecule has 0 spiro atoms. The Morgan fingerprint density at radius 2 is 1.54 bits per heavy atom. The van der Waals surface area contributed by atoms with Crippen molar-refractivity contribution in [3.63, 3.8) is 0 Å². The van der Waals surface area contributed by atoms with Crippen LogP contribution in [-0.4, -0.2) is 32.5 Å². The molecule has 0 aliphatic heterocycles. The SMILES string of the molecule is CCN(CC)c1ccc(NS(=O)(=O)c2ccc(NC(=S)NC(=O)c3ccc(C)c(Br)c3)cc2)cc1. The highest BCUT2D eigenvalue weighted by molar-refractivity contribution is 9.10. The second-order valence-corrected chi connectivity index (χ2v) is 10.7. The van der Waals surface area contributed by atoms with E-state index in [-0.39, 0.29) is 15.9 Å². The van der Waals surface area contributed by atoms with Crippen LogP contribution < -0.4 is 20.3 Å². The van der Waals surface area contributed by atoms with Crippen molar-refractivity contribution in [1.82, 2.24) is 5.32 Å². The molecule has 0 aliphatic carbocycles. The topological polar surface area (TPSA) is 90.5 Å². The van der Waals surface area contributed by atoms with Gasteiger partial charge in [-0.3, -0.25) is 14.8 Å². The van der Waals surface area contributed by atoms with Crippen LogP contribution in [0, 0.1) is 6.92 Å². The van der Waals surface area contributed by atoms with E-state index in [4.69, 9.17) is 12.2 Å².